The molecule has 3 N–H and O–H groups in total. The molecule has 0 spiro atoms. The maximum atomic E-state index is 12.1. The number of nitrogens with two attached hydrogens (primary N) is 1. The molecule has 0 fully saturated rings. The molecule has 0 radical (unpaired) electrons. The monoisotopic (exact) mass is 552 g/mol. The van der Waals surface area contributed by atoms with Gasteiger partial charge in [0, 0.05) is 31.6 Å². The van der Waals surface area contributed by atoms with Gasteiger partial charge in [-0.25, -0.2) is 9.97 Å². The first-order chi connectivity index (χ1) is 19.0. The standard InChI is InChI=1S/C31H25ClN4O2S/c1-3-5-8-19(4-2)30-34-27-13-12-22(38-17-20-18-39-28-14-11-21(32)15-24(20)28)16-25(27)31(36-30)35-26-10-7-6-9-23(26)29(33)37/h3-16,18H,2,17H2,1H3,(H2,33,37)(H,34,35,36)/b5-3-,19-8+. The van der Waals surface area contributed by atoms with E-state index in [1.165, 1.54) is 0 Å². The van der Waals surface area contributed by atoms with Crippen molar-refractivity contribution in [1.82, 2.24) is 9.97 Å². The fourth-order valence-corrected chi connectivity index (χ4v) is 5.22. The Morgan fingerprint density at radius 1 is 1.13 bits per heavy atom. The molecular weight excluding hydrogens is 528 g/mol. The molecule has 2 heterocycles. The zero-order valence-electron chi connectivity index (χ0n) is 21.1. The van der Waals surface area contributed by atoms with Gasteiger partial charge in [0.15, 0.2) is 5.82 Å². The van der Waals surface area contributed by atoms with Gasteiger partial charge >= 0.3 is 0 Å². The van der Waals surface area contributed by atoms with E-state index in [-0.39, 0.29) is 0 Å². The molecule has 0 saturated heterocycles. The van der Waals surface area contributed by atoms with Crippen LogP contribution in [-0.4, -0.2) is 15.9 Å². The Bertz CT molecular complexity index is 1770. The van der Waals surface area contributed by atoms with E-state index in [1.54, 1.807) is 35.6 Å². The summed E-state index contributed by atoms with van der Waals surface area (Å²) in [6.45, 7) is 6.23. The van der Waals surface area contributed by atoms with Crippen LogP contribution in [0.1, 0.15) is 28.7 Å². The van der Waals surface area contributed by atoms with Gasteiger partial charge in [-0.2, -0.15) is 0 Å². The van der Waals surface area contributed by atoms with Crippen LogP contribution in [0.15, 0.2) is 96.9 Å². The number of thiophene rings is 1. The zero-order chi connectivity index (χ0) is 27.4. The van der Waals surface area contributed by atoms with E-state index in [1.807, 2.05) is 67.6 Å². The maximum absolute atomic E-state index is 12.1. The third kappa shape index (κ3) is 5.70. The lowest BCUT2D eigenvalue weighted by molar-refractivity contribution is 0.100. The van der Waals surface area contributed by atoms with E-state index in [4.69, 9.17) is 32.0 Å². The zero-order valence-corrected chi connectivity index (χ0v) is 22.7. The molecule has 0 saturated carbocycles. The number of benzene rings is 3. The number of fused-ring (bicyclic) bond motifs is 2. The summed E-state index contributed by atoms with van der Waals surface area (Å²) in [5, 5.41) is 7.88. The van der Waals surface area contributed by atoms with Crippen molar-refractivity contribution in [3.8, 4) is 5.75 Å². The lowest BCUT2D eigenvalue weighted by Gasteiger charge is -2.14. The van der Waals surface area contributed by atoms with Crippen molar-refractivity contribution in [2.24, 2.45) is 5.73 Å². The molecule has 0 bridgehead atoms. The normalized spacial score (nSPS) is 11.8. The lowest BCUT2D eigenvalue weighted by atomic mass is 10.1. The molecule has 0 aliphatic heterocycles. The highest BCUT2D eigenvalue weighted by Gasteiger charge is 2.15. The van der Waals surface area contributed by atoms with Gasteiger partial charge in [0.25, 0.3) is 5.91 Å². The topological polar surface area (TPSA) is 90.1 Å². The third-order valence-corrected chi connectivity index (χ3v) is 7.32. The first-order valence-corrected chi connectivity index (χ1v) is 13.4. The number of halogens is 1. The van der Waals surface area contributed by atoms with Crippen molar-refractivity contribution in [2.75, 3.05) is 5.32 Å². The molecule has 0 atom stereocenters. The van der Waals surface area contributed by atoms with Gasteiger partial charge in [-0.1, -0.05) is 54.6 Å². The predicted octanol–water partition coefficient (Wildman–Crippen LogP) is 8.06. The summed E-state index contributed by atoms with van der Waals surface area (Å²) in [4.78, 5) is 21.7. The van der Waals surface area contributed by atoms with Crippen LogP contribution in [0.25, 0.3) is 26.6 Å². The number of ether oxygens (including phenoxy) is 1. The molecule has 0 aliphatic rings. The number of carbonyl (C=O) groups is 1. The van der Waals surface area contributed by atoms with Gasteiger partial charge in [0.2, 0.25) is 0 Å². The Morgan fingerprint density at radius 2 is 1.97 bits per heavy atom. The summed E-state index contributed by atoms with van der Waals surface area (Å²) >= 11 is 7.87. The number of allylic oxidation sites excluding steroid dienone is 5. The molecule has 1 amide bonds. The predicted molar refractivity (Wildman–Crippen MR) is 162 cm³/mol. The smallest absolute Gasteiger partial charge is 0.250 e. The van der Waals surface area contributed by atoms with Crippen LogP contribution in [0.2, 0.25) is 5.02 Å². The summed E-state index contributed by atoms with van der Waals surface area (Å²) in [7, 11) is 0. The summed E-state index contributed by atoms with van der Waals surface area (Å²) in [6, 6.07) is 18.6. The van der Waals surface area contributed by atoms with Crippen molar-refractivity contribution in [2.45, 2.75) is 13.5 Å². The average molecular weight is 553 g/mol. The molecule has 8 heteroatoms. The second-order valence-electron chi connectivity index (χ2n) is 8.65. The van der Waals surface area contributed by atoms with Crippen LogP contribution in [0.5, 0.6) is 5.75 Å². The average Bonchev–Trinajstić information content (AvgIpc) is 3.34. The number of hydrogen-bond donors (Lipinski definition) is 2. The van der Waals surface area contributed by atoms with Gasteiger partial charge in [0.1, 0.15) is 18.2 Å². The number of aromatic nitrogens is 2. The van der Waals surface area contributed by atoms with E-state index in [9.17, 15) is 4.79 Å². The van der Waals surface area contributed by atoms with E-state index in [0.29, 0.717) is 45.8 Å². The molecule has 3 aromatic carbocycles. The largest absolute Gasteiger partial charge is 0.489 e. The molecular formula is C31H25ClN4O2S. The quantitative estimate of drug-likeness (QED) is 0.180. The molecule has 39 heavy (non-hydrogen) atoms. The van der Waals surface area contributed by atoms with Gasteiger partial charge < -0.3 is 15.8 Å². The SMILES string of the molecule is C=C/C(=C\C=C/C)c1nc(Nc2ccccc2C(N)=O)c2cc(OCc3csc4ccc(Cl)cc34)ccc2n1. The van der Waals surface area contributed by atoms with Crippen LogP contribution >= 0.6 is 22.9 Å². The minimum atomic E-state index is -0.538. The highest BCUT2D eigenvalue weighted by atomic mass is 35.5. The molecule has 6 nitrogen and oxygen atoms in total. The van der Waals surface area contributed by atoms with Gasteiger partial charge in [-0.15, -0.1) is 11.3 Å². The van der Waals surface area contributed by atoms with Gasteiger partial charge in [-0.05, 0) is 60.8 Å². The third-order valence-electron chi connectivity index (χ3n) is 6.07. The highest BCUT2D eigenvalue weighted by Crippen LogP contribution is 2.32. The fourth-order valence-electron chi connectivity index (χ4n) is 4.12. The first kappa shape index (κ1) is 26.2. The van der Waals surface area contributed by atoms with Crippen molar-refractivity contribution in [3.05, 3.63) is 119 Å². The fraction of sp³-hybridized carbons (Fsp3) is 0.0645. The van der Waals surface area contributed by atoms with E-state index >= 15 is 0 Å². The van der Waals surface area contributed by atoms with Crippen molar-refractivity contribution in [3.63, 3.8) is 0 Å². The van der Waals surface area contributed by atoms with Crippen LogP contribution in [0, 0.1) is 0 Å². The number of nitrogens with zero attached hydrogens (tertiary/aromatic N) is 2. The Morgan fingerprint density at radius 3 is 2.77 bits per heavy atom. The van der Waals surface area contributed by atoms with Crippen LogP contribution in [0.3, 0.4) is 0 Å². The van der Waals surface area contributed by atoms with Gasteiger partial charge in [0.05, 0.1) is 16.8 Å². The minimum Gasteiger partial charge on any atom is -0.489 e. The van der Waals surface area contributed by atoms with Crippen LogP contribution in [0.4, 0.5) is 11.5 Å². The van der Waals surface area contributed by atoms with E-state index in [0.717, 1.165) is 26.6 Å². The lowest BCUT2D eigenvalue weighted by Crippen LogP contribution is -2.13. The number of carbonyl (C=O) groups excluding carboxylic acids is 1. The van der Waals surface area contributed by atoms with E-state index < -0.39 is 5.91 Å². The molecule has 5 aromatic rings. The van der Waals surface area contributed by atoms with Crippen molar-refractivity contribution in [1.29, 1.82) is 0 Å². The maximum Gasteiger partial charge on any atom is 0.250 e. The number of para-hydroxylation sites is 1. The number of rotatable bonds is 9. The second-order valence-corrected chi connectivity index (χ2v) is 10.00. The summed E-state index contributed by atoms with van der Waals surface area (Å²) in [6.07, 6.45) is 7.42. The number of amides is 1. The minimum absolute atomic E-state index is 0.356. The Hall–Kier alpha value is -4.46. The molecule has 194 valence electrons. The molecule has 2 aromatic heterocycles. The van der Waals surface area contributed by atoms with Crippen LogP contribution in [-0.2, 0) is 6.61 Å². The summed E-state index contributed by atoms with van der Waals surface area (Å²) < 4.78 is 7.35. The summed E-state index contributed by atoms with van der Waals surface area (Å²) in [5.41, 5.74) is 9.04. The van der Waals surface area contributed by atoms with Crippen LogP contribution < -0.4 is 15.8 Å². The number of anilines is 2. The first-order valence-electron chi connectivity index (χ1n) is 12.2. The Balaban J connectivity index is 1.56. The second kappa shape index (κ2) is 11.5. The Labute approximate surface area is 235 Å². The number of nitrogens with one attached hydrogen (secondary N) is 1. The Kier molecular flexibility index (Phi) is 7.72. The highest BCUT2D eigenvalue weighted by molar-refractivity contribution is 7.17. The van der Waals surface area contributed by atoms with E-state index in [2.05, 4.69) is 17.3 Å². The number of primary amides is 1. The number of hydrogen-bond acceptors (Lipinski definition) is 6. The molecule has 5 rings (SSSR count). The van der Waals surface area contributed by atoms with Crippen molar-refractivity contribution >= 4 is 66.9 Å². The summed E-state index contributed by atoms with van der Waals surface area (Å²) in [5.74, 6) is 1.11. The molecule has 0 unspecified atom stereocenters. The molecule has 0 aliphatic carbocycles. The van der Waals surface area contributed by atoms with Crippen molar-refractivity contribution < 1.29 is 9.53 Å². The van der Waals surface area contributed by atoms with Gasteiger partial charge in [-0.3, -0.25) is 4.79 Å².